The minimum absolute atomic E-state index is 0.689. The molecule has 0 aliphatic carbocycles. The highest BCUT2D eigenvalue weighted by Gasteiger charge is 2.44. The molecule has 0 amide bonds. The molecule has 0 spiro atoms. The lowest BCUT2D eigenvalue weighted by molar-refractivity contribution is 0.191. The molecule has 3 heterocycles. The van der Waals surface area contributed by atoms with Gasteiger partial charge >= 0.3 is 0 Å². The van der Waals surface area contributed by atoms with Crippen LogP contribution in [0.25, 0.3) is 0 Å². The van der Waals surface area contributed by atoms with Gasteiger partial charge in [0.05, 0.1) is 11.4 Å². The monoisotopic (exact) mass is 393 g/mol. The normalized spacial score (nSPS) is 23.6. The fourth-order valence-corrected chi connectivity index (χ4v) is 6.23. The molecule has 0 bridgehead atoms. The molecule has 3 nitrogen and oxygen atoms in total. The van der Waals surface area contributed by atoms with E-state index in [0.29, 0.717) is 5.92 Å². The Morgan fingerprint density at radius 2 is 1.93 bits per heavy atom. The Balaban J connectivity index is 1.26. The molecular formula is C24H31N3S. The maximum absolute atomic E-state index is 2.74. The number of thioether (sulfide) groups is 1. The van der Waals surface area contributed by atoms with E-state index in [2.05, 4.69) is 70.5 Å². The average molecular weight is 394 g/mol. The summed E-state index contributed by atoms with van der Waals surface area (Å²) in [5.74, 6) is 0.689. The van der Waals surface area contributed by atoms with Crippen LogP contribution in [0.1, 0.15) is 29.9 Å². The molecule has 1 saturated heterocycles. The Labute approximate surface area is 173 Å². The predicted octanol–water partition coefficient (Wildman–Crippen LogP) is 4.47. The van der Waals surface area contributed by atoms with Gasteiger partial charge in [0.15, 0.2) is 0 Å². The summed E-state index contributed by atoms with van der Waals surface area (Å²) in [5, 5.41) is 0. The Morgan fingerprint density at radius 3 is 2.82 bits per heavy atom. The molecule has 2 aromatic carbocycles. The van der Waals surface area contributed by atoms with Crippen LogP contribution in [-0.2, 0) is 6.42 Å². The highest BCUT2D eigenvalue weighted by Crippen LogP contribution is 2.50. The molecule has 148 valence electrons. The number of likely N-dealkylation sites (N-methyl/N-ethyl adjacent to an activating group) is 1. The average Bonchev–Trinajstić information content (AvgIpc) is 3.05. The summed E-state index contributed by atoms with van der Waals surface area (Å²) in [7, 11) is 2.24. The number of likely N-dealkylation sites (tertiary alicyclic amines) is 1. The van der Waals surface area contributed by atoms with E-state index >= 15 is 0 Å². The van der Waals surface area contributed by atoms with Gasteiger partial charge in [0.1, 0.15) is 0 Å². The molecule has 0 aromatic heterocycles. The van der Waals surface area contributed by atoms with E-state index in [9.17, 15) is 0 Å². The lowest BCUT2D eigenvalue weighted by Gasteiger charge is -2.41. The molecule has 1 unspecified atom stereocenters. The van der Waals surface area contributed by atoms with Gasteiger partial charge in [-0.1, -0.05) is 30.3 Å². The first-order chi connectivity index (χ1) is 13.8. The first-order valence-corrected chi connectivity index (χ1v) is 11.9. The van der Waals surface area contributed by atoms with E-state index in [1.54, 1.807) is 11.3 Å². The Kier molecular flexibility index (Phi) is 5.02. The minimum Gasteiger partial charge on any atom is -0.371 e. The molecule has 3 aliphatic rings. The summed E-state index contributed by atoms with van der Waals surface area (Å²) < 4.78 is 0. The van der Waals surface area contributed by atoms with Crippen LogP contribution < -0.4 is 9.80 Å². The third kappa shape index (κ3) is 3.11. The van der Waals surface area contributed by atoms with Gasteiger partial charge in [0.25, 0.3) is 0 Å². The molecule has 2 atom stereocenters. The molecule has 0 N–H and O–H groups in total. The molecule has 28 heavy (non-hydrogen) atoms. The second-order valence-electron chi connectivity index (χ2n) is 8.51. The van der Waals surface area contributed by atoms with Crippen molar-refractivity contribution in [2.75, 3.05) is 55.8 Å². The zero-order valence-corrected chi connectivity index (χ0v) is 17.9. The summed E-state index contributed by atoms with van der Waals surface area (Å²) in [6.07, 6.45) is 5.95. The lowest BCUT2D eigenvalue weighted by Crippen LogP contribution is -2.49. The number of aryl methyl sites for hydroxylation is 1. The van der Waals surface area contributed by atoms with Crippen molar-refractivity contribution in [3.05, 3.63) is 53.6 Å². The maximum atomic E-state index is 2.74. The van der Waals surface area contributed by atoms with Crippen LogP contribution in [0.4, 0.5) is 11.4 Å². The van der Waals surface area contributed by atoms with Crippen LogP contribution in [0.2, 0.25) is 0 Å². The van der Waals surface area contributed by atoms with E-state index in [4.69, 9.17) is 0 Å². The van der Waals surface area contributed by atoms with Gasteiger partial charge < -0.3 is 14.7 Å². The molecule has 4 heteroatoms. The second kappa shape index (κ2) is 7.64. The van der Waals surface area contributed by atoms with Crippen molar-refractivity contribution >= 4 is 23.1 Å². The van der Waals surface area contributed by atoms with E-state index in [1.807, 2.05) is 11.8 Å². The van der Waals surface area contributed by atoms with Gasteiger partial charge in [-0.05, 0) is 55.3 Å². The molecule has 0 radical (unpaired) electrons. The topological polar surface area (TPSA) is 9.72 Å². The molecular weight excluding hydrogens is 362 g/mol. The standard InChI is InChI=1S/C24H31N3S/c1-25-15-16-27-21-12-14-26(13-6-8-18-7-3-4-11-23(18)28-2)17-20(21)19-9-5-10-22(25)24(19)27/h3-5,7,9-11,20-21H,6,8,12-17H2,1-2H3/t20?,21-/m0/s1. The summed E-state index contributed by atoms with van der Waals surface area (Å²) in [4.78, 5) is 9.34. The van der Waals surface area contributed by atoms with Crippen LogP contribution in [0.3, 0.4) is 0 Å². The molecule has 3 aliphatic heterocycles. The third-order valence-corrected chi connectivity index (χ3v) is 7.83. The van der Waals surface area contributed by atoms with Crippen LogP contribution >= 0.6 is 11.8 Å². The maximum Gasteiger partial charge on any atom is 0.0644 e. The van der Waals surface area contributed by atoms with Gasteiger partial charge in [-0.15, -0.1) is 11.8 Å². The number of benzene rings is 2. The molecule has 5 rings (SSSR count). The van der Waals surface area contributed by atoms with E-state index in [1.165, 1.54) is 61.6 Å². The number of piperidine rings is 1. The van der Waals surface area contributed by atoms with Crippen molar-refractivity contribution in [1.29, 1.82) is 0 Å². The van der Waals surface area contributed by atoms with E-state index in [-0.39, 0.29) is 0 Å². The first-order valence-electron chi connectivity index (χ1n) is 10.7. The van der Waals surface area contributed by atoms with Crippen molar-refractivity contribution in [2.24, 2.45) is 0 Å². The van der Waals surface area contributed by atoms with Crippen molar-refractivity contribution in [3.63, 3.8) is 0 Å². The molecule has 1 fully saturated rings. The van der Waals surface area contributed by atoms with E-state index in [0.717, 1.165) is 12.6 Å². The van der Waals surface area contributed by atoms with Crippen LogP contribution in [-0.4, -0.2) is 57.0 Å². The van der Waals surface area contributed by atoms with Crippen molar-refractivity contribution in [1.82, 2.24) is 4.90 Å². The molecule has 0 saturated carbocycles. The summed E-state index contributed by atoms with van der Waals surface area (Å²) in [6, 6.07) is 16.6. The van der Waals surface area contributed by atoms with Crippen molar-refractivity contribution in [3.8, 4) is 0 Å². The number of rotatable bonds is 5. The first kappa shape index (κ1) is 18.4. The van der Waals surface area contributed by atoms with Gasteiger partial charge in [0, 0.05) is 50.1 Å². The van der Waals surface area contributed by atoms with Crippen molar-refractivity contribution in [2.45, 2.75) is 36.1 Å². The third-order valence-electron chi connectivity index (χ3n) is 6.99. The largest absolute Gasteiger partial charge is 0.371 e. The highest BCUT2D eigenvalue weighted by molar-refractivity contribution is 7.98. The van der Waals surface area contributed by atoms with Gasteiger partial charge in [0.2, 0.25) is 0 Å². The second-order valence-corrected chi connectivity index (χ2v) is 9.36. The fourth-order valence-electron chi connectivity index (χ4n) is 5.58. The Morgan fingerprint density at radius 1 is 1.04 bits per heavy atom. The zero-order valence-electron chi connectivity index (χ0n) is 17.1. The summed E-state index contributed by atoms with van der Waals surface area (Å²) in [5.41, 5.74) is 6.10. The van der Waals surface area contributed by atoms with E-state index < -0.39 is 0 Å². The minimum atomic E-state index is 0.689. The van der Waals surface area contributed by atoms with Crippen LogP contribution in [0, 0.1) is 0 Å². The number of hydrogen-bond donors (Lipinski definition) is 0. The zero-order chi connectivity index (χ0) is 19.1. The van der Waals surface area contributed by atoms with Crippen LogP contribution in [0.15, 0.2) is 47.4 Å². The highest BCUT2D eigenvalue weighted by atomic mass is 32.2. The van der Waals surface area contributed by atoms with Crippen LogP contribution in [0.5, 0.6) is 0 Å². The van der Waals surface area contributed by atoms with Gasteiger partial charge in [-0.3, -0.25) is 0 Å². The fraction of sp³-hybridized carbons (Fsp3) is 0.500. The van der Waals surface area contributed by atoms with Gasteiger partial charge in [-0.25, -0.2) is 0 Å². The predicted molar refractivity (Wildman–Crippen MR) is 121 cm³/mol. The number of fused-ring (bicyclic) bond motifs is 3. The Hall–Kier alpha value is -1.65. The number of nitrogens with zero attached hydrogens (tertiary/aromatic N) is 3. The number of para-hydroxylation sites is 1. The number of anilines is 2. The summed E-state index contributed by atoms with van der Waals surface area (Å²) >= 11 is 1.87. The quantitative estimate of drug-likeness (QED) is 0.693. The van der Waals surface area contributed by atoms with Crippen molar-refractivity contribution < 1.29 is 0 Å². The number of hydrogen-bond acceptors (Lipinski definition) is 4. The Bertz CT molecular complexity index is 851. The SMILES string of the molecule is CSc1ccccc1CCCN1CC[C@H]2C(C1)c1cccc3c1N2CCN3C. The summed E-state index contributed by atoms with van der Waals surface area (Å²) in [6.45, 7) is 6.04. The lowest BCUT2D eigenvalue weighted by atomic mass is 9.89. The molecule has 2 aromatic rings. The van der Waals surface area contributed by atoms with Gasteiger partial charge in [-0.2, -0.15) is 0 Å². The smallest absolute Gasteiger partial charge is 0.0644 e.